The molecule has 0 bridgehead atoms. The highest BCUT2D eigenvalue weighted by atomic mass is 16.5. The lowest BCUT2D eigenvalue weighted by molar-refractivity contribution is -0.151. The van der Waals surface area contributed by atoms with E-state index in [9.17, 15) is 4.79 Å². The van der Waals surface area contributed by atoms with E-state index in [4.69, 9.17) is 5.21 Å². The van der Waals surface area contributed by atoms with Crippen LogP contribution >= 0.6 is 0 Å². The van der Waals surface area contributed by atoms with Crippen molar-refractivity contribution in [2.45, 2.75) is 18.9 Å². The van der Waals surface area contributed by atoms with Crippen molar-refractivity contribution in [3.8, 4) is 0 Å². The van der Waals surface area contributed by atoms with Crippen molar-refractivity contribution in [3.63, 3.8) is 0 Å². The maximum atomic E-state index is 10.9. The van der Waals surface area contributed by atoms with Gasteiger partial charge in [-0.15, -0.1) is 0 Å². The number of hydrogen-bond acceptors (Lipinski definition) is 5. The first-order chi connectivity index (χ1) is 6.67. The molecule has 5 nitrogen and oxygen atoms in total. The third kappa shape index (κ3) is 1.63. The van der Waals surface area contributed by atoms with E-state index in [0.29, 0.717) is 12.0 Å². The van der Waals surface area contributed by atoms with Crippen LogP contribution in [0.1, 0.15) is 12.8 Å². The Morgan fingerprint density at radius 2 is 2.29 bits per heavy atom. The van der Waals surface area contributed by atoms with Gasteiger partial charge in [0.15, 0.2) is 0 Å². The van der Waals surface area contributed by atoms with E-state index in [0.717, 1.165) is 25.9 Å². The van der Waals surface area contributed by atoms with Gasteiger partial charge in [-0.1, -0.05) is 0 Å². The smallest absolute Gasteiger partial charge is 0.319 e. The zero-order valence-corrected chi connectivity index (χ0v) is 8.32. The minimum absolute atomic E-state index is 0.170. The average Bonchev–Trinajstić information content (AvgIpc) is 2.06. The van der Waals surface area contributed by atoms with Gasteiger partial charge in [0.25, 0.3) is 0 Å². The van der Waals surface area contributed by atoms with Crippen molar-refractivity contribution in [1.82, 2.24) is 10.4 Å². The molecule has 1 aliphatic carbocycles. The second kappa shape index (κ2) is 3.49. The quantitative estimate of drug-likeness (QED) is 0.479. The largest absolute Gasteiger partial charge is 0.468 e. The molecule has 0 unspecified atom stereocenters. The van der Waals surface area contributed by atoms with E-state index >= 15 is 0 Å². The summed E-state index contributed by atoms with van der Waals surface area (Å²) in [5.41, 5.74) is 2.65. The number of hydrogen-bond donors (Lipinski definition) is 2. The van der Waals surface area contributed by atoms with Crippen molar-refractivity contribution in [3.05, 3.63) is 0 Å². The summed E-state index contributed by atoms with van der Waals surface area (Å²) in [7, 11) is 1.41. The summed E-state index contributed by atoms with van der Waals surface area (Å²) in [5.74, 6) is -0.170. The molecule has 2 fully saturated rings. The Morgan fingerprint density at radius 1 is 1.64 bits per heavy atom. The summed E-state index contributed by atoms with van der Waals surface area (Å²) in [6.07, 6.45) is 2.03. The van der Waals surface area contributed by atoms with Gasteiger partial charge in [0, 0.05) is 19.1 Å². The molecule has 0 amide bonds. The monoisotopic (exact) mass is 200 g/mol. The number of likely N-dealkylation sites (tertiary alicyclic amines) is 1. The predicted molar refractivity (Wildman–Crippen MR) is 48.8 cm³/mol. The van der Waals surface area contributed by atoms with E-state index < -0.39 is 0 Å². The Balaban J connectivity index is 1.68. The Kier molecular flexibility index (Phi) is 2.47. The molecule has 14 heavy (non-hydrogen) atoms. The Labute approximate surface area is 83.0 Å². The number of carbonyl (C=O) groups is 1. The lowest BCUT2D eigenvalue weighted by Crippen LogP contribution is -2.66. The zero-order chi connectivity index (χ0) is 10.2. The number of hydroxylamine groups is 1. The van der Waals surface area contributed by atoms with Gasteiger partial charge < -0.3 is 9.94 Å². The lowest BCUT2D eigenvalue weighted by Gasteiger charge is -2.58. The molecule has 1 saturated carbocycles. The summed E-state index contributed by atoms with van der Waals surface area (Å²) < 4.78 is 4.59. The summed E-state index contributed by atoms with van der Waals surface area (Å²) in [4.78, 5) is 13.0. The van der Waals surface area contributed by atoms with Gasteiger partial charge in [-0.3, -0.25) is 9.69 Å². The summed E-state index contributed by atoms with van der Waals surface area (Å²) in [6, 6.07) is 0.260. The normalized spacial score (nSPS) is 25.6. The summed E-state index contributed by atoms with van der Waals surface area (Å²) in [6.45, 7) is 2.32. The first-order valence-corrected chi connectivity index (χ1v) is 4.86. The molecular weight excluding hydrogens is 184 g/mol. The van der Waals surface area contributed by atoms with Crippen LogP contribution in [0.25, 0.3) is 0 Å². The van der Waals surface area contributed by atoms with E-state index in [2.05, 4.69) is 15.1 Å². The van der Waals surface area contributed by atoms with Crippen molar-refractivity contribution < 1.29 is 14.7 Å². The predicted octanol–water partition coefficient (Wildman–Crippen LogP) is -0.397. The van der Waals surface area contributed by atoms with E-state index in [1.807, 2.05) is 0 Å². The highest BCUT2D eigenvalue weighted by Crippen LogP contribution is 2.47. The van der Waals surface area contributed by atoms with Gasteiger partial charge in [0.05, 0.1) is 13.7 Å². The Hall–Kier alpha value is -0.650. The van der Waals surface area contributed by atoms with Crippen molar-refractivity contribution in [2.75, 3.05) is 26.7 Å². The molecule has 2 rings (SSSR count). The van der Waals surface area contributed by atoms with Crippen LogP contribution < -0.4 is 5.48 Å². The van der Waals surface area contributed by atoms with Crippen LogP contribution in [-0.4, -0.2) is 48.9 Å². The first kappa shape index (κ1) is 9.89. The molecule has 1 aliphatic heterocycles. The molecule has 1 saturated heterocycles. The van der Waals surface area contributed by atoms with Gasteiger partial charge in [0.2, 0.25) is 0 Å². The molecule has 2 N–H and O–H groups in total. The second-order valence-electron chi connectivity index (χ2n) is 4.46. The number of rotatable bonds is 3. The van der Waals surface area contributed by atoms with E-state index in [1.165, 1.54) is 7.11 Å². The van der Waals surface area contributed by atoms with E-state index in [1.54, 1.807) is 0 Å². The van der Waals surface area contributed by atoms with Crippen LogP contribution in [0.3, 0.4) is 0 Å². The molecular formula is C9H16N2O3. The van der Waals surface area contributed by atoms with Crippen molar-refractivity contribution >= 4 is 5.97 Å². The van der Waals surface area contributed by atoms with E-state index in [-0.39, 0.29) is 12.0 Å². The maximum absolute atomic E-state index is 10.9. The second-order valence-corrected chi connectivity index (χ2v) is 4.46. The number of esters is 1. The number of nitrogens with zero attached hydrogens (tertiary/aromatic N) is 1. The summed E-state index contributed by atoms with van der Waals surface area (Å²) >= 11 is 0. The fourth-order valence-electron chi connectivity index (χ4n) is 2.60. The zero-order valence-electron chi connectivity index (χ0n) is 8.32. The fourth-order valence-corrected chi connectivity index (χ4v) is 2.60. The molecule has 0 atom stereocenters. The summed E-state index contributed by atoms with van der Waals surface area (Å²) in [5, 5.41) is 8.65. The van der Waals surface area contributed by atoms with Gasteiger partial charge in [-0.25, -0.2) is 5.48 Å². The van der Waals surface area contributed by atoms with Gasteiger partial charge in [0.1, 0.15) is 0 Å². The van der Waals surface area contributed by atoms with Gasteiger partial charge in [-0.2, -0.15) is 0 Å². The molecule has 80 valence electrons. The first-order valence-electron chi connectivity index (χ1n) is 4.86. The third-order valence-electron chi connectivity index (χ3n) is 3.24. The Bertz CT molecular complexity index is 230. The maximum Gasteiger partial charge on any atom is 0.319 e. The molecule has 0 aromatic carbocycles. The lowest BCUT2D eigenvalue weighted by atomic mass is 9.61. The van der Waals surface area contributed by atoms with Crippen LogP contribution in [0.5, 0.6) is 0 Å². The molecule has 0 aromatic heterocycles. The van der Waals surface area contributed by atoms with Crippen molar-refractivity contribution in [2.24, 2.45) is 5.41 Å². The minimum atomic E-state index is -0.170. The van der Waals surface area contributed by atoms with Crippen LogP contribution in [-0.2, 0) is 9.53 Å². The van der Waals surface area contributed by atoms with Gasteiger partial charge >= 0.3 is 5.97 Å². The third-order valence-corrected chi connectivity index (χ3v) is 3.24. The SMILES string of the molecule is COC(=O)CN1CC2(CC(NO)C2)C1. The highest BCUT2D eigenvalue weighted by molar-refractivity contribution is 5.71. The highest BCUT2D eigenvalue weighted by Gasteiger charge is 2.52. The molecule has 5 heteroatoms. The Morgan fingerprint density at radius 3 is 2.79 bits per heavy atom. The van der Waals surface area contributed by atoms with Gasteiger partial charge in [-0.05, 0) is 18.3 Å². The average molecular weight is 200 g/mol. The molecule has 0 radical (unpaired) electrons. The number of methoxy groups -OCH3 is 1. The molecule has 2 aliphatic rings. The number of ether oxygens (including phenoxy) is 1. The van der Waals surface area contributed by atoms with Crippen LogP contribution in [0.15, 0.2) is 0 Å². The minimum Gasteiger partial charge on any atom is -0.468 e. The van der Waals surface area contributed by atoms with Crippen LogP contribution in [0.4, 0.5) is 0 Å². The number of carbonyl (C=O) groups excluding carboxylic acids is 1. The standard InChI is InChI=1S/C9H16N2O3/c1-14-8(12)4-11-5-9(6-11)2-7(3-9)10-13/h7,10,13H,2-6H2,1H3. The number of nitrogens with one attached hydrogen (secondary N) is 1. The molecule has 1 spiro atoms. The van der Waals surface area contributed by atoms with Crippen molar-refractivity contribution in [1.29, 1.82) is 0 Å². The van der Waals surface area contributed by atoms with Crippen LogP contribution in [0.2, 0.25) is 0 Å². The fraction of sp³-hybridized carbons (Fsp3) is 0.889. The topological polar surface area (TPSA) is 61.8 Å². The molecule has 1 heterocycles. The molecule has 0 aromatic rings. The van der Waals surface area contributed by atoms with Crippen LogP contribution in [0, 0.1) is 5.41 Å².